The molecule has 0 saturated carbocycles. The van der Waals surface area contributed by atoms with Crippen molar-refractivity contribution < 1.29 is 0 Å². The van der Waals surface area contributed by atoms with Gasteiger partial charge in [-0.05, 0) is 4.28 Å². The Bertz CT molecular complexity index is 513. The quantitative estimate of drug-likeness (QED) is 0.298. The molecule has 26 heavy (non-hydrogen) atoms. The second-order valence-electron chi connectivity index (χ2n) is 13.2. The molecule has 0 nitrogen and oxygen atoms in total. The Morgan fingerprint density at radius 1 is 0.500 bits per heavy atom. The zero-order valence-electron chi connectivity index (χ0n) is 20.8. The molecule has 0 N–H and O–H groups in total. The van der Waals surface area contributed by atoms with Crippen molar-refractivity contribution in [2.75, 3.05) is 0 Å². The van der Waals surface area contributed by atoms with Crippen molar-refractivity contribution in [1.29, 1.82) is 0 Å². The SMILES string of the molecule is CCCCCC12[Si](C)(C)[Si](C)(C)C(C)([Si](C)(C)[Si]1(C)C)[Si](C)(C)[Si]2(C)C. The molecule has 3 fully saturated rings. The van der Waals surface area contributed by atoms with Gasteiger partial charge in [0.15, 0.2) is 0 Å². The van der Waals surface area contributed by atoms with Crippen LogP contribution < -0.4 is 0 Å². The van der Waals surface area contributed by atoms with Gasteiger partial charge in [0.2, 0.25) is 0 Å². The van der Waals surface area contributed by atoms with Gasteiger partial charge in [-0.2, -0.15) is 0 Å². The van der Waals surface area contributed by atoms with E-state index in [-0.39, 0.29) is 0 Å². The molecular formula is C20H50Si6. The standard InChI is InChI=1S/C20H50Si6/c1-15-16-17-18-20-24(9,10)21(3,4)19(2,22(5,6)25(20,11)12)23(7,8)26(20,13)14/h15-18H2,1-14H3. The summed E-state index contributed by atoms with van der Waals surface area (Å²) in [5.41, 5.74) is 0. The number of unbranched alkanes of at least 4 members (excludes halogenated alkanes) is 2. The molecule has 0 radical (unpaired) electrons. The topological polar surface area (TPSA) is 0 Å². The summed E-state index contributed by atoms with van der Waals surface area (Å²) < 4.78 is 1.75. The van der Waals surface area contributed by atoms with Crippen LogP contribution in [0.5, 0.6) is 0 Å². The van der Waals surface area contributed by atoms with Crippen LogP contribution in [0.2, 0.25) is 87.1 Å². The van der Waals surface area contributed by atoms with Crippen LogP contribution in [0.15, 0.2) is 0 Å². The first-order chi connectivity index (χ1) is 11.3. The van der Waals surface area contributed by atoms with Crippen LogP contribution in [0.3, 0.4) is 0 Å². The Morgan fingerprint density at radius 2 is 0.808 bits per heavy atom. The third-order valence-electron chi connectivity index (χ3n) is 12.8. The molecule has 0 aromatic carbocycles. The Labute approximate surface area is 171 Å². The minimum atomic E-state index is -1.29. The van der Waals surface area contributed by atoms with E-state index in [1.165, 1.54) is 19.3 Å². The van der Waals surface area contributed by atoms with Gasteiger partial charge < -0.3 is 0 Å². The number of hydrogen-bond donors (Lipinski definition) is 0. The lowest BCUT2D eigenvalue weighted by molar-refractivity contribution is 0.644. The van der Waals surface area contributed by atoms with E-state index in [4.69, 9.17) is 0 Å². The molecule has 0 atom stereocenters. The van der Waals surface area contributed by atoms with E-state index in [9.17, 15) is 0 Å². The van der Waals surface area contributed by atoms with Gasteiger partial charge in [0.05, 0.1) is 0 Å². The summed E-state index contributed by atoms with van der Waals surface area (Å²) in [7, 11) is -7.67. The van der Waals surface area contributed by atoms with Crippen LogP contribution in [0.25, 0.3) is 0 Å². The minimum Gasteiger partial charge on any atom is -0.0713 e. The summed E-state index contributed by atoms with van der Waals surface area (Å²) in [6.07, 6.45) is 6.06. The molecule has 0 spiro atoms. The first-order valence-electron chi connectivity index (χ1n) is 11.3. The minimum absolute atomic E-state index is 0.848. The Balaban J connectivity index is 2.99. The molecule has 0 unspecified atom stereocenters. The molecule has 0 aliphatic carbocycles. The highest BCUT2D eigenvalue weighted by Crippen LogP contribution is 2.80. The first kappa shape index (κ1) is 23.6. The zero-order chi connectivity index (χ0) is 20.8. The molecule has 3 heterocycles. The fourth-order valence-electron chi connectivity index (χ4n) is 9.74. The van der Waals surface area contributed by atoms with Crippen molar-refractivity contribution in [1.82, 2.24) is 0 Å². The Morgan fingerprint density at radius 3 is 1.08 bits per heavy atom. The molecule has 3 rings (SSSR count). The summed E-state index contributed by atoms with van der Waals surface area (Å²) >= 11 is 0. The van der Waals surface area contributed by atoms with E-state index in [0.717, 1.165) is 8.57 Å². The van der Waals surface area contributed by atoms with Crippen molar-refractivity contribution >= 4 is 45.5 Å². The maximum Gasteiger partial charge on any atom is 0.0417 e. The molecule has 0 amide bonds. The lowest BCUT2D eigenvalue weighted by Gasteiger charge is -2.89. The van der Waals surface area contributed by atoms with Gasteiger partial charge in [-0.15, -0.1) is 0 Å². The number of fused-ring (bicyclic) bond motifs is 3. The fraction of sp³-hybridized carbons (Fsp3) is 1.00. The summed E-state index contributed by atoms with van der Waals surface area (Å²) in [5.74, 6) is 0. The molecule has 3 aliphatic heterocycles. The van der Waals surface area contributed by atoms with Gasteiger partial charge in [-0.3, -0.25) is 0 Å². The molecule has 3 aliphatic rings. The van der Waals surface area contributed by atoms with Gasteiger partial charge in [0, 0.05) is 45.5 Å². The van der Waals surface area contributed by atoms with Crippen molar-refractivity contribution in [3.8, 4) is 0 Å². The smallest absolute Gasteiger partial charge is 0.0417 e. The average molecular weight is 459 g/mol. The summed E-state index contributed by atoms with van der Waals surface area (Å²) in [6.45, 7) is 40.5. The zero-order valence-corrected chi connectivity index (χ0v) is 26.8. The highest BCUT2D eigenvalue weighted by Gasteiger charge is 2.90. The maximum atomic E-state index is 2.94. The monoisotopic (exact) mass is 458 g/mol. The molecule has 0 aromatic heterocycles. The van der Waals surface area contributed by atoms with E-state index in [2.05, 4.69) is 92.4 Å². The largest absolute Gasteiger partial charge is 0.0713 e. The molecular weight excluding hydrogens is 409 g/mol. The van der Waals surface area contributed by atoms with Crippen molar-refractivity contribution in [2.45, 2.75) is 127 Å². The first-order valence-corrected chi connectivity index (χ1v) is 32.3. The predicted octanol–water partition coefficient (Wildman–Crippen LogP) is 7.74. The van der Waals surface area contributed by atoms with Crippen LogP contribution in [0.4, 0.5) is 0 Å². The van der Waals surface area contributed by atoms with E-state index >= 15 is 0 Å². The molecule has 154 valence electrons. The number of rotatable bonds is 4. The second-order valence-corrected chi connectivity index (χ2v) is 63.8. The van der Waals surface area contributed by atoms with E-state index in [1.807, 2.05) is 0 Å². The molecule has 6 heteroatoms. The molecule has 2 bridgehead atoms. The normalized spacial score (nSPS) is 40.4. The maximum absolute atomic E-state index is 2.94. The van der Waals surface area contributed by atoms with Crippen molar-refractivity contribution in [3.63, 3.8) is 0 Å². The molecule has 0 aromatic rings. The fourth-order valence-corrected chi connectivity index (χ4v) is 153. The Hall–Kier alpha value is 1.30. The second kappa shape index (κ2) is 5.93. The van der Waals surface area contributed by atoms with Crippen molar-refractivity contribution in [3.05, 3.63) is 0 Å². The van der Waals surface area contributed by atoms with Gasteiger partial charge in [-0.1, -0.05) is 122 Å². The van der Waals surface area contributed by atoms with E-state index in [1.54, 1.807) is 6.42 Å². The average Bonchev–Trinajstić information content (AvgIpc) is 2.46. The van der Waals surface area contributed by atoms with E-state index in [0.29, 0.717) is 0 Å². The van der Waals surface area contributed by atoms with Gasteiger partial charge in [0.25, 0.3) is 0 Å². The van der Waals surface area contributed by atoms with Crippen LogP contribution in [-0.2, 0) is 0 Å². The summed E-state index contributed by atoms with van der Waals surface area (Å²) in [5, 5.41) is 0. The van der Waals surface area contributed by atoms with Crippen LogP contribution >= 0.6 is 0 Å². The summed E-state index contributed by atoms with van der Waals surface area (Å²) in [4.78, 5) is 0. The van der Waals surface area contributed by atoms with Crippen LogP contribution in [-0.4, -0.2) is 45.5 Å². The number of hydrogen-bond acceptors (Lipinski definition) is 0. The third kappa shape index (κ3) is 1.92. The third-order valence-corrected chi connectivity index (χ3v) is 105. The van der Waals surface area contributed by atoms with Gasteiger partial charge >= 0.3 is 0 Å². The van der Waals surface area contributed by atoms with Crippen LogP contribution in [0, 0.1) is 0 Å². The summed E-state index contributed by atoms with van der Waals surface area (Å²) in [6, 6.07) is 0. The van der Waals surface area contributed by atoms with Gasteiger partial charge in [-0.25, -0.2) is 0 Å². The van der Waals surface area contributed by atoms with Gasteiger partial charge in [0.1, 0.15) is 0 Å². The highest BCUT2D eigenvalue weighted by atomic mass is 29.4. The predicted molar refractivity (Wildman–Crippen MR) is 140 cm³/mol. The molecule has 3 saturated heterocycles. The van der Waals surface area contributed by atoms with E-state index < -0.39 is 45.5 Å². The lowest BCUT2D eigenvalue weighted by atomic mass is 10.2. The van der Waals surface area contributed by atoms with Crippen molar-refractivity contribution in [2.24, 2.45) is 0 Å². The Kier molecular flexibility index (Phi) is 5.37. The lowest BCUT2D eigenvalue weighted by Crippen LogP contribution is -3.03. The highest BCUT2D eigenvalue weighted by molar-refractivity contribution is 7.77. The van der Waals surface area contributed by atoms with Crippen LogP contribution in [0.1, 0.15) is 39.5 Å².